The van der Waals surface area contributed by atoms with Gasteiger partial charge in [0, 0.05) is 35.8 Å². The molecule has 0 unspecified atom stereocenters. The fourth-order valence-electron chi connectivity index (χ4n) is 2.96. The monoisotopic (exact) mass is 322 g/mol. The molecule has 1 heterocycles. The highest BCUT2D eigenvalue weighted by Gasteiger charge is 2.12. The minimum Gasteiger partial charge on any atom is -0.497 e. The highest BCUT2D eigenvalue weighted by atomic mass is 16.5. The van der Waals surface area contributed by atoms with E-state index in [0.29, 0.717) is 12.1 Å². The van der Waals surface area contributed by atoms with E-state index in [2.05, 4.69) is 23.7 Å². The number of methoxy groups -OCH3 is 1. The van der Waals surface area contributed by atoms with Crippen LogP contribution in [0.3, 0.4) is 0 Å². The van der Waals surface area contributed by atoms with Gasteiger partial charge in [-0.25, -0.2) is 0 Å². The summed E-state index contributed by atoms with van der Waals surface area (Å²) in [4.78, 5) is 12.5. The van der Waals surface area contributed by atoms with Crippen molar-refractivity contribution >= 4 is 16.8 Å². The largest absolute Gasteiger partial charge is 0.497 e. The van der Waals surface area contributed by atoms with E-state index in [-0.39, 0.29) is 5.91 Å². The van der Waals surface area contributed by atoms with Crippen molar-refractivity contribution in [2.24, 2.45) is 7.05 Å². The molecule has 0 bridgehead atoms. The predicted octanol–water partition coefficient (Wildman–Crippen LogP) is 3.73. The van der Waals surface area contributed by atoms with Crippen LogP contribution in [0, 0.1) is 13.8 Å². The van der Waals surface area contributed by atoms with Gasteiger partial charge in [0.05, 0.1) is 7.11 Å². The molecule has 0 aliphatic heterocycles. The molecule has 24 heavy (non-hydrogen) atoms. The topological polar surface area (TPSA) is 43.3 Å². The van der Waals surface area contributed by atoms with Gasteiger partial charge in [0.1, 0.15) is 5.75 Å². The number of carbonyl (C=O) groups is 1. The molecule has 3 rings (SSSR count). The van der Waals surface area contributed by atoms with Gasteiger partial charge in [-0.1, -0.05) is 12.1 Å². The van der Waals surface area contributed by atoms with Crippen molar-refractivity contribution in [2.75, 3.05) is 7.11 Å². The molecule has 1 aromatic heterocycles. The van der Waals surface area contributed by atoms with Gasteiger partial charge in [-0.3, -0.25) is 4.79 Å². The number of aryl methyl sites for hydroxylation is 2. The van der Waals surface area contributed by atoms with Gasteiger partial charge in [0.25, 0.3) is 5.91 Å². The molecule has 0 saturated carbocycles. The molecule has 3 aromatic rings. The molecule has 0 atom stereocenters. The number of hydrogen-bond acceptors (Lipinski definition) is 2. The molecule has 1 N–H and O–H groups in total. The molecule has 0 saturated heterocycles. The fourth-order valence-corrected chi connectivity index (χ4v) is 2.96. The maximum atomic E-state index is 12.5. The molecule has 124 valence electrons. The van der Waals surface area contributed by atoms with Crippen molar-refractivity contribution in [3.63, 3.8) is 0 Å². The van der Waals surface area contributed by atoms with E-state index in [9.17, 15) is 4.79 Å². The molecule has 0 spiro atoms. The van der Waals surface area contributed by atoms with Crippen molar-refractivity contribution in [3.05, 3.63) is 64.8 Å². The van der Waals surface area contributed by atoms with E-state index in [1.165, 1.54) is 11.3 Å². The lowest BCUT2D eigenvalue weighted by molar-refractivity contribution is 0.0951. The lowest BCUT2D eigenvalue weighted by Crippen LogP contribution is -2.22. The third-order valence-corrected chi connectivity index (χ3v) is 4.66. The lowest BCUT2D eigenvalue weighted by Gasteiger charge is -2.07. The fraction of sp³-hybridized carbons (Fsp3) is 0.250. The van der Waals surface area contributed by atoms with Crippen LogP contribution in [0.1, 0.15) is 27.2 Å². The summed E-state index contributed by atoms with van der Waals surface area (Å²) in [6, 6.07) is 13.6. The van der Waals surface area contributed by atoms with E-state index < -0.39 is 0 Å². The Hall–Kier alpha value is -2.75. The molecule has 4 nitrogen and oxygen atoms in total. The summed E-state index contributed by atoms with van der Waals surface area (Å²) in [5.74, 6) is 0.721. The Labute approximate surface area is 142 Å². The zero-order valence-electron chi connectivity index (χ0n) is 14.5. The Kier molecular flexibility index (Phi) is 4.30. The molecular weight excluding hydrogens is 300 g/mol. The summed E-state index contributed by atoms with van der Waals surface area (Å²) in [5, 5.41) is 4.10. The van der Waals surface area contributed by atoms with E-state index in [1.807, 2.05) is 49.5 Å². The average Bonchev–Trinajstić information content (AvgIpc) is 2.84. The number of carbonyl (C=O) groups excluding carboxylic acids is 1. The number of nitrogens with zero attached hydrogens (tertiary/aromatic N) is 1. The van der Waals surface area contributed by atoms with Crippen LogP contribution in [0.4, 0.5) is 0 Å². The van der Waals surface area contributed by atoms with E-state index >= 15 is 0 Å². The number of aromatic nitrogens is 1. The molecule has 0 fully saturated rings. The van der Waals surface area contributed by atoms with Crippen LogP contribution in [0.25, 0.3) is 10.9 Å². The second-order valence-corrected chi connectivity index (χ2v) is 6.04. The van der Waals surface area contributed by atoms with Crippen LogP contribution < -0.4 is 10.1 Å². The van der Waals surface area contributed by atoms with Gasteiger partial charge < -0.3 is 14.6 Å². The van der Waals surface area contributed by atoms with Crippen molar-refractivity contribution < 1.29 is 9.53 Å². The summed E-state index contributed by atoms with van der Waals surface area (Å²) in [7, 11) is 3.68. The molecule has 1 amide bonds. The molecule has 2 aromatic carbocycles. The van der Waals surface area contributed by atoms with Gasteiger partial charge in [-0.05, 0) is 55.3 Å². The van der Waals surface area contributed by atoms with Gasteiger partial charge in [-0.15, -0.1) is 0 Å². The first kappa shape index (κ1) is 16.1. The Bertz CT molecular complexity index is 909. The molecule has 0 aliphatic carbocycles. The average molecular weight is 322 g/mol. The Morgan fingerprint density at radius 2 is 1.96 bits per heavy atom. The summed E-state index contributed by atoms with van der Waals surface area (Å²) in [6.45, 7) is 4.66. The normalized spacial score (nSPS) is 10.8. The van der Waals surface area contributed by atoms with Crippen molar-refractivity contribution in [2.45, 2.75) is 20.4 Å². The first-order valence-electron chi connectivity index (χ1n) is 7.98. The van der Waals surface area contributed by atoms with E-state index in [1.54, 1.807) is 7.11 Å². The Morgan fingerprint density at radius 3 is 2.71 bits per heavy atom. The smallest absolute Gasteiger partial charge is 0.251 e. The van der Waals surface area contributed by atoms with Crippen LogP contribution in [0.5, 0.6) is 5.75 Å². The van der Waals surface area contributed by atoms with Gasteiger partial charge >= 0.3 is 0 Å². The maximum absolute atomic E-state index is 12.5. The van der Waals surface area contributed by atoms with Crippen molar-refractivity contribution in [1.29, 1.82) is 0 Å². The quantitative estimate of drug-likeness (QED) is 0.795. The number of benzene rings is 2. The van der Waals surface area contributed by atoms with Crippen LogP contribution in [-0.4, -0.2) is 17.6 Å². The maximum Gasteiger partial charge on any atom is 0.251 e. The second-order valence-electron chi connectivity index (χ2n) is 6.04. The third kappa shape index (κ3) is 2.87. The molecule has 0 radical (unpaired) electrons. The Balaban J connectivity index is 1.80. The lowest BCUT2D eigenvalue weighted by atomic mass is 10.1. The summed E-state index contributed by atoms with van der Waals surface area (Å²) >= 11 is 0. The molecule has 0 aliphatic rings. The number of hydrogen-bond donors (Lipinski definition) is 1. The van der Waals surface area contributed by atoms with Gasteiger partial charge in [0.2, 0.25) is 0 Å². The van der Waals surface area contributed by atoms with Crippen LogP contribution >= 0.6 is 0 Å². The van der Waals surface area contributed by atoms with E-state index in [4.69, 9.17) is 4.74 Å². The summed E-state index contributed by atoms with van der Waals surface area (Å²) in [5.41, 5.74) is 5.28. The zero-order valence-corrected chi connectivity index (χ0v) is 14.5. The first-order valence-corrected chi connectivity index (χ1v) is 7.98. The minimum absolute atomic E-state index is 0.0689. The van der Waals surface area contributed by atoms with Gasteiger partial charge in [0.15, 0.2) is 0 Å². The number of ether oxygens (including phenoxy) is 1. The summed E-state index contributed by atoms with van der Waals surface area (Å²) in [6.07, 6.45) is 0. The zero-order chi connectivity index (χ0) is 17.3. The minimum atomic E-state index is -0.0689. The molecule has 4 heteroatoms. The number of amides is 1. The predicted molar refractivity (Wildman–Crippen MR) is 96.6 cm³/mol. The van der Waals surface area contributed by atoms with Crippen molar-refractivity contribution in [3.8, 4) is 5.75 Å². The second kappa shape index (κ2) is 6.40. The van der Waals surface area contributed by atoms with Crippen LogP contribution in [0.15, 0.2) is 42.5 Å². The van der Waals surface area contributed by atoms with Gasteiger partial charge in [-0.2, -0.15) is 0 Å². The molecular formula is C20H22N2O2. The third-order valence-electron chi connectivity index (χ3n) is 4.66. The number of rotatable bonds is 4. The highest BCUT2D eigenvalue weighted by Crippen LogP contribution is 2.25. The first-order chi connectivity index (χ1) is 11.5. The SMILES string of the molecule is COc1cccc(CNC(=O)c2ccc3c(c2)c(C)c(C)n3C)c1. The highest BCUT2D eigenvalue weighted by molar-refractivity contribution is 5.99. The number of nitrogens with one attached hydrogen (secondary N) is 1. The number of fused-ring (bicyclic) bond motifs is 1. The summed E-state index contributed by atoms with van der Waals surface area (Å²) < 4.78 is 7.36. The van der Waals surface area contributed by atoms with E-state index in [0.717, 1.165) is 22.2 Å². The Morgan fingerprint density at radius 1 is 1.17 bits per heavy atom. The van der Waals surface area contributed by atoms with Crippen LogP contribution in [0.2, 0.25) is 0 Å². The standard InChI is InChI=1S/C20H22N2O2/c1-13-14(2)22(3)19-9-8-16(11-18(13)19)20(23)21-12-15-6-5-7-17(10-15)24-4/h5-11H,12H2,1-4H3,(H,21,23). The van der Waals surface area contributed by atoms with Crippen LogP contribution in [-0.2, 0) is 13.6 Å². The van der Waals surface area contributed by atoms with Crippen molar-refractivity contribution in [1.82, 2.24) is 9.88 Å².